The van der Waals surface area contributed by atoms with Crippen molar-refractivity contribution in [1.82, 2.24) is 0 Å². The van der Waals surface area contributed by atoms with Crippen molar-refractivity contribution >= 4 is 5.97 Å². The van der Waals surface area contributed by atoms with E-state index in [2.05, 4.69) is 0 Å². The van der Waals surface area contributed by atoms with Gasteiger partial charge in [0.15, 0.2) is 0 Å². The Morgan fingerprint density at radius 3 is 2.73 bits per heavy atom. The van der Waals surface area contributed by atoms with E-state index in [1.807, 2.05) is 0 Å². The Hall–Kier alpha value is -1.58. The van der Waals surface area contributed by atoms with Gasteiger partial charge in [0.05, 0.1) is 13.0 Å². The number of methoxy groups -OCH3 is 1. The minimum atomic E-state index is -0.926. The molecule has 1 rings (SSSR count). The van der Waals surface area contributed by atoms with Crippen LogP contribution in [0.5, 0.6) is 5.75 Å². The predicted octanol–water partition coefficient (Wildman–Crippen LogP) is 2.10. The summed E-state index contributed by atoms with van der Waals surface area (Å²) in [5.74, 6) is -1.51. The van der Waals surface area contributed by atoms with E-state index in [4.69, 9.17) is 9.84 Å². The Morgan fingerprint density at radius 2 is 2.27 bits per heavy atom. The lowest BCUT2D eigenvalue weighted by Gasteiger charge is -2.08. The first-order valence-electron chi connectivity index (χ1n) is 4.59. The smallest absolute Gasteiger partial charge is 0.306 e. The lowest BCUT2D eigenvalue weighted by atomic mass is 10.0. The highest BCUT2D eigenvalue weighted by Crippen LogP contribution is 2.18. The SMILES string of the molecule is COc1ccc(CC(C)C(=O)O)c(F)c1. The Balaban J connectivity index is 2.82. The normalized spacial score (nSPS) is 12.2. The molecular formula is C11H13FO3. The van der Waals surface area contributed by atoms with Crippen LogP contribution < -0.4 is 4.74 Å². The monoisotopic (exact) mass is 212 g/mol. The van der Waals surface area contributed by atoms with E-state index in [1.165, 1.54) is 13.2 Å². The summed E-state index contributed by atoms with van der Waals surface area (Å²) in [4.78, 5) is 10.6. The van der Waals surface area contributed by atoms with Crippen LogP contribution in [0, 0.1) is 11.7 Å². The number of carbonyl (C=O) groups is 1. The summed E-state index contributed by atoms with van der Waals surface area (Å²) in [5.41, 5.74) is 0.394. The largest absolute Gasteiger partial charge is 0.497 e. The van der Waals surface area contributed by atoms with E-state index in [1.54, 1.807) is 19.1 Å². The minimum absolute atomic E-state index is 0.186. The van der Waals surface area contributed by atoms with Crippen LogP contribution in [0.4, 0.5) is 4.39 Å². The van der Waals surface area contributed by atoms with Crippen LogP contribution in [-0.2, 0) is 11.2 Å². The Kier molecular flexibility index (Phi) is 3.66. The van der Waals surface area contributed by atoms with Gasteiger partial charge in [-0.15, -0.1) is 0 Å². The van der Waals surface area contributed by atoms with E-state index in [0.717, 1.165) is 0 Å². The molecule has 0 amide bonds. The lowest BCUT2D eigenvalue weighted by molar-refractivity contribution is -0.141. The standard InChI is InChI=1S/C11H13FO3/c1-7(11(13)14)5-8-3-4-9(15-2)6-10(8)12/h3-4,6-7H,5H2,1-2H3,(H,13,14). The highest BCUT2D eigenvalue weighted by Gasteiger charge is 2.14. The average Bonchev–Trinajstić information content (AvgIpc) is 2.20. The van der Waals surface area contributed by atoms with Crippen molar-refractivity contribution in [2.45, 2.75) is 13.3 Å². The molecule has 1 N–H and O–H groups in total. The summed E-state index contributed by atoms with van der Waals surface area (Å²) >= 11 is 0. The summed E-state index contributed by atoms with van der Waals surface area (Å²) in [7, 11) is 1.45. The first kappa shape index (κ1) is 11.5. The molecule has 82 valence electrons. The zero-order valence-corrected chi connectivity index (χ0v) is 8.66. The quantitative estimate of drug-likeness (QED) is 0.831. The van der Waals surface area contributed by atoms with Crippen LogP contribution in [-0.4, -0.2) is 18.2 Å². The summed E-state index contributed by atoms with van der Waals surface area (Å²) < 4.78 is 18.2. The first-order chi connectivity index (χ1) is 7.04. The van der Waals surface area contributed by atoms with Crippen LogP contribution in [0.25, 0.3) is 0 Å². The van der Waals surface area contributed by atoms with E-state index in [0.29, 0.717) is 11.3 Å². The van der Waals surface area contributed by atoms with Crippen molar-refractivity contribution in [1.29, 1.82) is 0 Å². The molecule has 15 heavy (non-hydrogen) atoms. The summed E-state index contributed by atoms with van der Waals surface area (Å²) in [5, 5.41) is 8.69. The van der Waals surface area contributed by atoms with Crippen molar-refractivity contribution in [3.8, 4) is 5.75 Å². The fourth-order valence-corrected chi connectivity index (χ4v) is 1.24. The van der Waals surface area contributed by atoms with Crippen molar-refractivity contribution in [3.05, 3.63) is 29.6 Å². The molecule has 0 bridgehead atoms. The summed E-state index contributed by atoms with van der Waals surface area (Å²) in [6.07, 6.45) is 0.186. The molecule has 0 fully saturated rings. The molecule has 0 aliphatic heterocycles. The number of ether oxygens (including phenoxy) is 1. The molecular weight excluding hydrogens is 199 g/mol. The number of carboxylic acids is 1. The van der Waals surface area contributed by atoms with Gasteiger partial charge in [-0.1, -0.05) is 13.0 Å². The topological polar surface area (TPSA) is 46.5 Å². The van der Waals surface area contributed by atoms with E-state index in [9.17, 15) is 9.18 Å². The first-order valence-corrected chi connectivity index (χ1v) is 4.59. The van der Waals surface area contributed by atoms with Crippen LogP contribution >= 0.6 is 0 Å². The minimum Gasteiger partial charge on any atom is -0.497 e. The van der Waals surface area contributed by atoms with Gasteiger partial charge in [-0.05, 0) is 18.1 Å². The highest BCUT2D eigenvalue weighted by molar-refractivity contribution is 5.69. The van der Waals surface area contributed by atoms with Crippen molar-refractivity contribution in [2.75, 3.05) is 7.11 Å². The molecule has 0 saturated heterocycles. The molecule has 0 heterocycles. The lowest BCUT2D eigenvalue weighted by Crippen LogP contribution is -2.13. The van der Waals surface area contributed by atoms with Gasteiger partial charge in [-0.25, -0.2) is 4.39 Å². The molecule has 0 aliphatic rings. The van der Waals surface area contributed by atoms with Gasteiger partial charge < -0.3 is 9.84 Å². The fraction of sp³-hybridized carbons (Fsp3) is 0.364. The maximum atomic E-state index is 13.4. The molecule has 0 spiro atoms. The third-order valence-corrected chi connectivity index (χ3v) is 2.21. The van der Waals surface area contributed by atoms with Gasteiger partial charge in [0, 0.05) is 6.07 Å². The van der Waals surface area contributed by atoms with Crippen LogP contribution in [0.3, 0.4) is 0 Å². The van der Waals surface area contributed by atoms with Crippen LogP contribution in [0.15, 0.2) is 18.2 Å². The molecule has 3 nitrogen and oxygen atoms in total. The van der Waals surface area contributed by atoms with Crippen LogP contribution in [0.2, 0.25) is 0 Å². The zero-order chi connectivity index (χ0) is 11.4. The third kappa shape index (κ3) is 2.94. The van der Waals surface area contributed by atoms with Gasteiger partial charge in [0.1, 0.15) is 11.6 Å². The van der Waals surface area contributed by atoms with E-state index >= 15 is 0 Å². The second kappa shape index (κ2) is 4.77. The van der Waals surface area contributed by atoms with Crippen LogP contribution in [0.1, 0.15) is 12.5 Å². The van der Waals surface area contributed by atoms with Gasteiger partial charge >= 0.3 is 5.97 Å². The molecule has 0 radical (unpaired) electrons. The number of carboxylic acid groups (broad SMARTS) is 1. The third-order valence-electron chi connectivity index (χ3n) is 2.21. The number of hydrogen-bond donors (Lipinski definition) is 1. The maximum Gasteiger partial charge on any atom is 0.306 e. The number of halogens is 1. The molecule has 0 aromatic heterocycles. The maximum absolute atomic E-state index is 13.4. The van der Waals surface area contributed by atoms with Gasteiger partial charge in [-0.3, -0.25) is 4.79 Å². The predicted molar refractivity (Wildman–Crippen MR) is 53.5 cm³/mol. The number of hydrogen-bond acceptors (Lipinski definition) is 2. The Morgan fingerprint density at radius 1 is 1.60 bits per heavy atom. The van der Waals surface area contributed by atoms with Gasteiger partial charge in [0.25, 0.3) is 0 Å². The van der Waals surface area contributed by atoms with Crippen molar-refractivity contribution in [2.24, 2.45) is 5.92 Å². The molecule has 1 atom stereocenters. The molecule has 1 aromatic rings. The molecule has 0 saturated carbocycles. The average molecular weight is 212 g/mol. The summed E-state index contributed by atoms with van der Waals surface area (Å²) in [6, 6.07) is 4.42. The molecule has 1 aromatic carbocycles. The van der Waals surface area contributed by atoms with Crippen molar-refractivity contribution < 1.29 is 19.0 Å². The molecule has 1 unspecified atom stereocenters. The second-order valence-corrected chi connectivity index (χ2v) is 3.40. The summed E-state index contributed by atoms with van der Waals surface area (Å²) in [6.45, 7) is 1.55. The fourth-order valence-electron chi connectivity index (χ4n) is 1.24. The highest BCUT2D eigenvalue weighted by atomic mass is 19.1. The molecule has 4 heteroatoms. The van der Waals surface area contributed by atoms with E-state index < -0.39 is 17.7 Å². The van der Waals surface area contributed by atoms with Crippen molar-refractivity contribution in [3.63, 3.8) is 0 Å². The number of aliphatic carboxylic acids is 1. The molecule has 0 aliphatic carbocycles. The number of benzene rings is 1. The van der Waals surface area contributed by atoms with E-state index in [-0.39, 0.29) is 6.42 Å². The number of rotatable bonds is 4. The zero-order valence-electron chi connectivity index (χ0n) is 8.66. The Bertz CT molecular complexity index is 363. The Labute approximate surface area is 87.5 Å². The van der Waals surface area contributed by atoms with Gasteiger partial charge in [0.2, 0.25) is 0 Å². The van der Waals surface area contributed by atoms with Gasteiger partial charge in [-0.2, -0.15) is 0 Å². The second-order valence-electron chi connectivity index (χ2n) is 3.40.